The molecule has 2 aliphatic rings. The molecule has 2 fully saturated rings. The third kappa shape index (κ3) is 1.90. The molecule has 3 rings (SSSR count). The van der Waals surface area contributed by atoms with Gasteiger partial charge in [-0.2, -0.15) is 0 Å². The molecule has 0 bridgehead atoms. The fourth-order valence-corrected chi connectivity index (χ4v) is 3.45. The Morgan fingerprint density at radius 2 is 1.75 bits per heavy atom. The van der Waals surface area contributed by atoms with Gasteiger partial charge in [-0.15, -0.1) is 0 Å². The number of amides is 2. The topological polar surface area (TPSA) is 49.4 Å². The summed E-state index contributed by atoms with van der Waals surface area (Å²) in [6.07, 6.45) is 4.74. The average molecular weight is 272 g/mol. The van der Waals surface area contributed by atoms with Gasteiger partial charge in [-0.1, -0.05) is 49.6 Å². The van der Waals surface area contributed by atoms with Gasteiger partial charge in [0.1, 0.15) is 11.6 Å². The molecule has 1 heterocycles. The lowest BCUT2D eigenvalue weighted by Crippen LogP contribution is -2.67. The summed E-state index contributed by atoms with van der Waals surface area (Å²) < 4.78 is 0. The van der Waals surface area contributed by atoms with Crippen LogP contribution in [-0.2, 0) is 9.59 Å². The first-order chi connectivity index (χ1) is 9.65. The summed E-state index contributed by atoms with van der Waals surface area (Å²) in [5, 5.41) is 2.94. The van der Waals surface area contributed by atoms with Crippen LogP contribution in [0, 0.1) is 0 Å². The Balaban J connectivity index is 1.91. The van der Waals surface area contributed by atoms with Crippen molar-refractivity contribution in [1.82, 2.24) is 10.2 Å². The highest BCUT2D eigenvalue weighted by molar-refractivity contribution is 6.00. The number of carbonyl (C=O) groups is 2. The monoisotopic (exact) mass is 272 g/mol. The predicted molar refractivity (Wildman–Crippen MR) is 75.9 cm³/mol. The Morgan fingerprint density at radius 1 is 1.10 bits per heavy atom. The maximum absolute atomic E-state index is 12.7. The molecule has 4 nitrogen and oxygen atoms in total. The second-order valence-electron chi connectivity index (χ2n) is 5.81. The minimum absolute atomic E-state index is 0.00213. The number of carbonyl (C=O) groups excluding carboxylic acids is 2. The first-order valence-electron chi connectivity index (χ1n) is 7.29. The molecule has 0 radical (unpaired) electrons. The molecule has 20 heavy (non-hydrogen) atoms. The van der Waals surface area contributed by atoms with E-state index in [2.05, 4.69) is 5.32 Å². The van der Waals surface area contributed by atoms with Gasteiger partial charge in [0.05, 0.1) is 0 Å². The molecule has 1 aliphatic heterocycles. The van der Waals surface area contributed by atoms with Gasteiger partial charge in [-0.05, 0) is 18.4 Å². The van der Waals surface area contributed by atoms with Gasteiger partial charge < -0.3 is 10.2 Å². The summed E-state index contributed by atoms with van der Waals surface area (Å²) in [6.45, 7) is 0. The van der Waals surface area contributed by atoms with Crippen LogP contribution in [0.4, 0.5) is 0 Å². The van der Waals surface area contributed by atoms with Gasteiger partial charge in [0, 0.05) is 7.05 Å². The zero-order valence-corrected chi connectivity index (χ0v) is 11.8. The second kappa shape index (κ2) is 4.93. The zero-order valence-electron chi connectivity index (χ0n) is 11.8. The van der Waals surface area contributed by atoms with Crippen molar-refractivity contribution >= 4 is 11.8 Å². The molecule has 1 N–H and O–H groups in total. The smallest absolute Gasteiger partial charge is 0.250 e. The van der Waals surface area contributed by atoms with Gasteiger partial charge in [-0.3, -0.25) is 9.59 Å². The van der Waals surface area contributed by atoms with Crippen molar-refractivity contribution < 1.29 is 9.59 Å². The molecule has 106 valence electrons. The lowest BCUT2D eigenvalue weighted by Gasteiger charge is -2.48. The summed E-state index contributed by atoms with van der Waals surface area (Å²) in [5.74, 6) is 0.00542. The van der Waals surface area contributed by atoms with Crippen molar-refractivity contribution in [1.29, 1.82) is 0 Å². The summed E-state index contributed by atoms with van der Waals surface area (Å²) in [6, 6.07) is 8.91. The molecule has 1 aromatic rings. The van der Waals surface area contributed by atoms with Crippen LogP contribution in [0.1, 0.15) is 43.7 Å². The first kappa shape index (κ1) is 13.2. The Hall–Kier alpha value is -1.84. The number of benzene rings is 1. The van der Waals surface area contributed by atoms with Gasteiger partial charge in [0.2, 0.25) is 11.8 Å². The van der Waals surface area contributed by atoms with E-state index in [9.17, 15) is 9.59 Å². The summed E-state index contributed by atoms with van der Waals surface area (Å²) in [5.41, 5.74) is 0.240. The molecule has 1 saturated heterocycles. The SMILES string of the molecule is CN1C(=O)C(c2ccccc2)NC(=O)C12CCCCC2. The molecule has 1 unspecified atom stereocenters. The number of hydrogen-bond acceptors (Lipinski definition) is 2. The van der Waals surface area contributed by atoms with Crippen LogP contribution in [0.3, 0.4) is 0 Å². The van der Waals surface area contributed by atoms with E-state index in [1.165, 1.54) is 0 Å². The van der Waals surface area contributed by atoms with Gasteiger partial charge >= 0.3 is 0 Å². The molecule has 0 aromatic heterocycles. The Bertz CT molecular complexity index is 521. The molecule has 1 saturated carbocycles. The summed E-state index contributed by atoms with van der Waals surface area (Å²) in [4.78, 5) is 27.0. The van der Waals surface area contributed by atoms with Crippen molar-refractivity contribution in [2.45, 2.75) is 43.7 Å². The van der Waals surface area contributed by atoms with Crippen LogP contribution in [0.2, 0.25) is 0 Å². The highest BCUT2D eigenvalue weighted by Gasteiger charge is 2.51. The molecule has 1 aromatic carbocycles. The highest BCUT2D eigenvalue weighted by Crippen LogP contribution is 2.37. The minimum Gasteiger partial charge on any atom is -0.338 e. The van der Waals surface area contributed by atoms with Crippen LogP contribution in [0.25, 0.3) is 0 Å². The standard InChI is InChI=1S/C16H20N2O2/c1-18-14(19)13(12-8-4-2-5-9-12)17-15(20)16(18)10-6-3-7-11-16/h2,4-5,8-9,13H,3,6-7,10-11H2,1H3,(H,17,20). The Labute approximate surface area is 119 Å². The molecule has 2 amide bonds. The number of hydrogen-bond donors (Lipinski definition) is 1. The Kier molecular flexibility index (Phi) is 3.24. The maximum Gasteiger partial charge on any atom is 0.250 e. The van der Waals surface area contributed by atoms with E-state index in [-0.39, 0.29) is 11.8 Å². The summed E-state index contributed by atoms with van der Waals surface area (Å²) >= 11 is 0. The fourth-order valence-electron chi connectivity index (χ4n) is 3.45. The number of rotatable bonds is 1. The molecule has 4 heteroatoms. The Morgan fingerprint density at radius 3 is 2.40 bits per heavy atom. The van der Waals surface area contributed by atoms with Crippen LogP contribution in [0.5, 0.6) is 0 Å². The third-order valence-corrected chi connectivity index (χ3v) is 4.73. The van der Waals surface area contributed by atoms with Crippen molar-refractivity contribution in [3.05, 3.63) is 35.9 Å². The molecule has 1 aliphatic carbocycles. The van der Waals surface area contributed by atoms with Crippen LogP contribution in [0.15, 0.2) is 30.3 Å². The number of likely N-dealkylation sites (N-methyl/N-ethyl adjacent to an activating group) is 1. The normalized spacial score (nSPS) is 25.6. The predicted octanol–water partition coefficient (Wildman–Crippen LogP) is 2.02. The highest BCUT2D eigenvalue weighted by atomic mass is 16.2. The average Bonchev–Trinajstić information content (AvgIpc) is 2.51. The fraction of sp³-hybridized carbons (Fsp3) is 0.500. The van der Waals surface area contributed by atoms with Crippen LogP contribution >= 0.6 is 0 Å². The molecular weight excluding hydrogens is 252 g/mol. The number of piperazine rings is 1. The largest absolute Gasteiger partial charge is 0.338 e. The van der Waals surface area contributed by atoms with Crippen molar-refractivity contribution in [3.8, 4) is 0 Å². The summed E-state index contributed by atoms with van der Waals surface area (Å²) in [7, 11) is 1.78. The van der Waals surface area contributed by atoms with Crippen molar-refractivity contribution in [3.63, 3.8) is 0 Å². The zero-order chi connectivity index (χ0) is 14.2. The molecule has 1 spiro atoms. The maximum atomic E-state index is 12.7. The quantitative estimate of drug-likeness (QED) is 0.850. The third-order valence-electron chi connectivity index (χ3n) is 4.73. The minimum atomic E-state index is -0.611. The number of nitrogens with one attached hydrogen (secondary N) is 1. The second-order valence-corrected chi connectivity index (χ2v) is 5.81. The lowest BCUT2D eigenvalue weighted by molar-refractivity contribution is -0.158. The van der Waals surface area contributed by atoms with Gasteiger partial charge in [-0.25, -0.2) is 0 Å². The van der Waals surface area contributed by atoms with Crippen molar-refractivity contribution in [2.75, 3.05) is 7.05 Å². The van der Waals surface area contributed by atoms with E-state index in [1.807, 2.05) is 30.3 Å². The van der Waals surface area contributed by atoms with E-state index in [4.69, 9.17) is 0 Å². The van der Waals surface area contributed by atoms with Crippen molar-refractivity contribution in [2.24, 2.45) is 0 Å². The van der Waals surface area contributed by atoms with Gasteiger partial charge in [0.15, 0.2) is 0 Å². The van der Waals surface area contributed by atoms with E-state index < -0.39 is 11.6 Å². The molecular formula is C16H20N2O2. The van der Waals surface area contributed by atoms with Crippen LogP contribution in [-0.4, -0.2) is 29.3 Å². The van der Waals surface area contributed by atoms with E-state index in [0.717, 1.165) is 37.7 Å². The van der Waals surface area contributed by atoms with Gasteiger partial charge in [0.25, 0.3) is 0 Å². The van der Waals surface area contributed by atoms with E-state index in [1.54, 1.807) is 11.9 Å². The molecule has 1 atom stereocenters. The lowest BCUT2D eigenvalue weighted by atomic mass is 9.77. The van der Waals surface area contributed by atoms with Crippen LogP contribution < -0.4 is 5.32 Å². The number of nitrogens with zero attached hydrogens (tertiary/aromatic N) is 1. The van der Waals surface area contributed by atoms with E-state index in [0.29, 0.717) is 0 Å². The first-order valence-corrected chi connectivity index (χ1v) is 7.29. The van der Waals surface area contributed by atoms with E-state index >= 15 is 0 Å².